The highest BCUT2D eigenvalue weighted by Crippen LogP contribution is 2.27. The van der Waals surface area contributed by atoms with E-state index in [1.807, 2.05) is 0 Å². The first-order valence-electron chi connectivity index (χ1n) is 8.32. The van der Waals surface area contributed by atoms with Crippen LogP contribution in [-0.2, 0) is 18.3 Å². The van der Waals surface area contributed by atoms with Gasteiger partial charge in [0.1, 0.15) is 17.1 Å². The van der Waals surface area contributed by atoms with Gasteiger partial charge in [-0.2, -0.15) is 0 Å². The molecule has 0 aliphatic carbocycles. The number of benzene rings is 1. The van der Waals surface area contributed by atoms with Gasteiger partial charge >= 0.3 is 5.97 Å². The minimum atomic E-state index is -1.56. The number of primary amides is 1. The number of aromatic nitrogens is 2. The van der Waals surface area contributed by atoms with Crippen LogP contribution < -0.4 is 16.0 Å². The summed E-state index contributed by atoms with van der Waals surface area (Å²) in [5, 5.41) is 19.3. The topological polar surface area (TPSA) is 145 Å². The number of amides is 1. The summed E-state index contributed by atoms with van der Waals surface area (Å²) < 4.78 is 19.9. The predicted octanol–water partition coefficient (Wildman–Crippen LogP) is 0.931. The Labute approximate surface area is 162 Å². The fraction of sp³-hybridized carbons (Fsp3) is 0.158. The molecule has 1 aromatic carbocycles. The van der Waals surface area contributed by atoms with Crippen molar-refractivity contribution in [3.8, 4) is 11.5 Å². The molecule has 4 N–H and O–H groups in total. The summed E-state index contributed by atoms with van der Waals surface area (Å²) in [7, 11) is 1.36. The lowest BCUT2D eigenvalue weighted by atomic mass is 10.0. The molecule has 0 spiro atoms. The van der Waals surface area contributed by atoms with Crippen molar-refractivity contribution in [2.24, 2.45) is 12.8 Å². The molecule has 2 heterocycles. The molecular weight excluding hydrogens is 385 g/mol. The molecule has 10 heteroatoms. The Morgan fingerprint density at radius 2 is 2.03 bits per heavy atom. The summed E-state index contributed by atoms with van der Waals surface area (Å²) in [5.74, 6) is -3.42. The van der Waals surface area contributed by atoms with Gasteiger partial charge in [0.15, 0.2) is 17.9 Å². The second-order valence-electron chi connectivity index (χ2n) is 6.29. The third kappa shape index (κ3) is 3.86. The summed E-state index contributed by atoms with van der Waals surface area (Å²) in [6, 6.07) is 5.37. The number of carbonyl (C=O) groups is 2. The van der Waals surface area contributed by atoms with E-state index in [2.05, 4.69) is 4.98 Å². The van der Waals surface area contributed by atoms with Gasteiger partial charge in [-0.3, -0.25) is 14.6 Å². The van der Waals surface area contributed by atoms with Crippen molar-refractivity contribution in [3.63, 3.8) is 0 Å². The van der Waals surface area contributed by atoms with Gasteiger partial charge in [0.25, 0.3) is 11.5 Å². The van der Waals surface area contributed by atoms with Crippen molar-refractivity contribution < 1.29 is 28.9 Å². The Morgan fingerprint density at radius 3 is 2.69 bits per heavy atom. The molecule has 2 aromatic heterocycles. The zero-order valence-electron chi connectivity index (χ0n) is 15.2. The lowest BCUT2D eigenvalue weighted by Crippen LogP contribution is -2.25. The van der Waals surface area contributed by atoms with Gasteiger partial charge in [-0.05, 0) is 23.3 Å². The van der Waals surface area contributed by atoms with Crippen LogP contribution in [0.5, 0.6) is 11.5 Å². The minimum Gasteiger partial charge on any atom is -0.505 e. The van der Waals surface area contributed by atoms with Crippen LogP contribution >= 0.6 is 0 Å². The van der Waals surface area contributed by atoms with Crippen molar-refractivity contribution in [1.82, 2.24) is 9.55 Å². The van der Waals surface area contributed by atoms with Gasteiger partial charge < -0.3 is 25.3 Å². The number of aryl methyl sites for hydroxylation is 1. The van der Waals surface area contributed by atoms with E-state index < -0.39 is 41.2 Å². The molecule has 0 unspecified atom stereocenters. The second-order valence-corrected chi connectivity index (χ2v) is 6.29. The fourth-order valence-corrected chi connectivity index (χ4v) is 2.90. The highest BCUT2D eigenvalue weighted by Gasteiger charge is 2.21. The third-order valence-corrected chi connectivity index (χ3v) is 4.27. The lowest BCUT2D eigenvalue weighted by Gasteiger charge is -2.13. The molecule has 0 radical (unpaired) electrons. The van der Waals surface area contributed by atoms with Crippen LogP contribution in [0, 0.1) is 5.82 Å². The Bertz CT molecular complexity index is 1200. The van der Waals surface area contributed by atoms with Gasteiger partial charge in [0.2, 0.25) is 0 Å². The van der Waals surface area contributed by atoms with Crippen LogP contribution in [-0.4, -0.2) is 38.2 Å². The number of ether oxygens (including phenoxy) is 1. The van der Waals surface area contributed by atoms with Crippen molar-refractivity contribution in [2.45, 2.75) is 6.42 Å². The smallest absolute Gasteiger partial charge is 0.345 e. The van der Waals surface area contributed by atoms with E-state index in [-0.39, 0.29) is 23.2 Å². The van der Waals surface area contributed by atoms with Crippen molar-refractivity contribution in [2.75, 3.05) is 6.61 Å². The highest BCUT2D eigenvalue weighted by atomic mass is 19.1. The van der Waals surface area contributed by atoms with Gasteiger partial charge in [-0.15, -0.1) is 0 Å². The Morgan fingerprint density at radius 1 is 1.31 bits per heavy atom. The maximum Gasteiger partial charge on any atom is 0.345 e. The van der Waals surface area contributed by atoms with E-state index in [0.717, 1.165) is 10.6 Å². The van der Waals surface area contributed by atoms with Crippen LogP contribution in [0.4, 0.5) is 4.39 Å². The summed E-state index contributed by atoms with van der Waals surface area (Å²) in [6.45, 7) is -0.424. The van der Waals surface area contributed by atoms with E-state index in [9.17, 15) is 23.9 Å². The number of carboxylic acid groups (broad SMARTS) is 1. The zero-order chi connectivity index (χ0) is 21.3. The Balaban J connectivity index is 2.06. The highest BCUT2D eigenvalue weighted by molar-refractivity contribution is 5.97. The monoisotopic (exact) mass is 401 g/mol. The molecular formula is C19H16FN3O6. The van der Waals surface area contributed by atoms with E-state index in [4.69, 9.17) is 15.6 Å². The van der Waals surface area contributed by atoms with Crippen molar-refractivity contribution >= 4 is 22.9 Å². The van der Waals surface area contributed by atoms with Crippen LogP contribution in [0.3, 0.4) is 0 Å². The molecule has 1 amide bonds. The number of aromatic hydroxyl groups is 1. The molecule has 150 valence electrons. The first-order valence-corrected chi connectivity index (χ1v) is 8.32. The molecule has 0 bridgehead atoms. The molecule has 3 rings (SSSR count). The molecule has 3 aromatic rings. The summed E-state index contributed by atoms with van der Waals surface area (Å²) in [4.78, 5) is 38.5. The van der Waals surface area contributed by atoms with Crippen LogP contribution in [0.15, 0.2) is 35.3 Å². The molecule has 0 aliphatic heterocycles. The Hall–Kier alpha value is -3.95. The maximum atomic E-state index is 13.5. The van der Waals surface area contributed by atoms with Crippen LogP contribution in [0.1, 0.15) is 21.5 Å². The Kier molecular flexibility index (Phi) is 5.18. The van der Waals surface area contributed by atoms with Gasteiger partial charge in [0, 0.05) is 25.7 Å². The second kappa shape index (κ2) is 7.58. The molecule has 0 saturated carbocycles. The quantitative estimate of drug-likeness (QED) is 0.557. The summed E-state index contributed by atoms with van der Waals surface area (Å²) >= 11 is 0. The first-order chi connectivity index (χ1) is 13.7. The van der Waals surface area contributed by atoms with E-state index in [1.165, 1.54) is 25.4 Å². The normalized spacial score (nSPS) is 10.8. The number of rotatable bonds is 6. The van der Waals surface area contributed by atoms with Gasteiger partial charge in [-0.25, -0.2) is 9.18 Å². The number of nitrogens with two attached hydrogens (primary N) is 1. The number of carbonyl (C=O) groups excluding carboxylic acids is 1. The van der Waals surface area contributed by atoms with E-state index in [1.54, 1.807) is 6.07 Å². The summed E-state index contributed by atoms with van der Waals surface area (Å²) in [5.41, 5.74) is 4.69. The van der Waals surface area contributed by atoms with Gasteiger partial charge in [0.05, 0.1) is 5.52 Å². The van der Waals surface area contributed by atoms with E-state index in [0.29, 0.717) is 11.1 Å². The lowest BCUT2D eigenvalue weighted by molar-refractivity contribution is -0.119. The molecule has 9 nitrogen and oxygen atoms in total. The molecule has 0 fully saturated rings. The number of hydrogen-bond donors (Lipinski definition) is 3. The minimum absolute atomic E-state index is 0.0439. The van der Waals surface area contributed by atoms with Gasteiger partial charge in [-0.1, -0.05) is 6.07 Å². The average molecular weight is 401 g/mol. The average Bonchev–Trinajstić information content (AvgIpc) is 2.66. The third-order valence-electron chi connectivity index (χ3n) is 4.27. The number of fused-ring (bicyclic) bond motifs is 1. The SMILES string of the molecule is Cn1c(=O)c(C(=O)O)c(O)c2ncc(Cc3ccc(F)cc3OCC(N)=O)cc21. The number of nitrogens with zero attached hydrogens (tertiary/aromatic N) is 2. The maximum absolute atomic E-state index is 13.5. The van der Waals surface area contributed by atoms with Crippen molar-refractivity contribution in [3.05, 3.63) is 63.3 Å². The number of pyridine rings is 2. The number of carboxylic acids is 1. The first kappa shape index (κ1) is 19.8. The number of hydrogen-bond acceptors (Lipinski definition) is 6. The van der Waals surface area contributed by atoms with E-state index >= 15 is 0 Å². The molecule has 29 heavy (non-hydrogen) atoms. The number of halogens is 1. The standard InChI is InChI=1S/C19H16FN3O6/c1-23-12-5-9(7-22-16(12)17(25)15(18(23)26)19(27)28)4-10-2-3-11(20)6-13(10)29-8-14(21)24/h2-3,5-7,25H,4,8H2,1H3,(H2,21,24)(H,27,28). The summed E-state index contributed by atoms with van der Waals surface area (Å²) in [6.07, 6.45) is 1.59. The predicted molar refractivity (Wildman–Crippen MR) is 99.5 cm³/mol. The zero-order valence-corrected chi connectivity index (χ0v) is 15.2. The molecule has 0 atom stereocenters. The number of aromatic carboxylic acids is 1. The fourth-order valence-electron chi connectivity index (χ4n) is 2.90. The molecule has 0 aliphatic rings. The van der Waals surface area contributed by atoms with Crippen molar-refractivity contribution in [1.29, 1.82) is 0 Å². The molecule has 0 saturated heterocycles. The van der Waals surface area contributed by atoms with Crippen LogP contribution in [0.2, 0.25) is 0 Å². The largest absolute Gasteiger partial charge is 0.505 e. The van der Waals surface area contributed by atoms with Crippen LogP contribution in [0.25, 0.3) is 11.0 Å².